The molecule has 0 bridgehead atoms. The quantitative estimate of drug-likeness (QED) is 0.241. The van der Waals surface area contributed by atoms with Crippen LogP contribution in [0.3, 0.4) is 0 Å². The lowest BCUT2D eigenvalue weighted by Gasteiger charge is -2.10. The number of carbonyl (C=O) groups is 1. The van der Waals surface area contributed by atoms with Gasteiger partial charge in [-0.1, -0.05) is 24.3 Å². The molecule has 2 aromatic heterocycles. The normalized spacial score (nSPS) is 11.9. The van der Waals surface area contributed by atoms with Crippen molar-refractivity contribution in [3.63, 3.8) is 0 Å². The smallest absolute Gasteiger partial charge is 0.230 e. The third-order valence-corrected chi connectivity index (χ3v) is 5.68. The molecule has 3 N–H and O–H groups in total. The summed E-state index contributed by atoms with van der Waals surface area (Å²) in [5, 5.41) is 20.1. The molecule has 4 rings (SSSR count). The van der Waals surface area contributed by atoms with Gasteiger partial charge in [0.15, 0.2) is 17.5 Å². The number of nitrogens with zero attached hydrogens (tertiary/aromatic N) is 5. The van der Waals surface area contributed by atoms with Crippen LogP contribution in [0.5, 0.6) is 0 Å². The topological polar surface area (TPSA) is 159 Å². The van der Waals surface area contributed by atoms with Gasteiger partial charge in [-0.2, -0.15) is 5.10 Å². The van der Waals surface area contributed by atoms with Crippen molar-refractivity contribution < 1.29 is 22.0 Å². The van der Waals surface area contributed by atoms with Crippen molar-refractivity contribution in [2.24, 2.45) is 4.99 Å². The number of aliphatic imine (C=N–C) groups is 1. The zero-order chi connectivity index (χ0) is 26.0. The SMILES string of the molecule is C=Nc1[nH]nc(C(=O)c2ccc(F)c(NS(C)(=O)=O)c2F)c1/C=C(\C)c1ccc(-c2nnn[nH]2)cc1. The Balaban J connectivity index is 1.73. The van der Waals surface area contributed by atoms with Gasteiger partial charge in [0.2, 0.25) is 15.8 Å². The van der Waals surface area contributed by atoms with Crippen molar-refractivity contribution in [1.82, 2.24) is 30.8 Å². The van der Waals surface area contributed by atoms with E-state index in [2.05, 4.69) is 42.5 Å². The Labute approximate surface area is 203 Å². The summed E-state index contributed by atoms with van der Waals surface area (Å²) in [6.07, 6.45) is 2.35. The van der Waals surface area contributed by atoms with E-state index in [1.54, 1.807) is 29.9 Å². The van der Waals surface area contributed by atoms with Crippen molar-refractivity contribution >= 4 is 45.7 Å². The number of aromatic amines is 2. The van der Waals surface area contributed by atoms with Crippen molar-refractivity contribution in [2.75, 3.05) is 11.0 Å². The molecule has 0 aliphatic heterocycles. The average molecular weight is 513 g/mol. The van der Waals surface area contributed by atoms with Gasteiger partial charge in [0.05, 0.1) is 17.4 Å². The van der Waals surface area contributed by atoms with E-state index in [9.17, 15) is 17.6 Å². The number of allylic oxidation sites excluding steroid dienone is 1. The highest BCUT2D eigenvalue weighted by Crippen LogP contribution is 2.30. The number of hydrogen-bond donors (Lipinski definition) is 3. The number of halogens is 2. The van der Waals surface area contributed by atoms with Gasteiger partial charge in [0, 0.05) is 5.56 Å². The minimum Gasteiger partial charge on any atom is -0.287 e. The molecule has 2 aromatic carbocycles. The molecule has 0 atom stereocenters. The first kappa shape index (κ1) is 24.5. The second-order valence-corrected chi connectivity index (χ2v) is 9.38. The molecule has 4 aromatic rings. The fourth-order valence-electron chi connectivity index (χ4n) is 3.38. The summed E-state index contributed by atoms with van der Waals surface area (Å²) in [5.41, 5.74) is 0.715. The second-order valence-electron chi connectivity index (χ2n) is 7.63. The Morgan fingerprint density at radius 1 is 1.14 bits per heavy atom. The van der Waals surface area contributed by atoms with Crippen LogP contribution in [0.2, 0.25) is 0 Å². The number of anilines is 1. The third-order valence-electron chi connectivity index (χ3n) is 5.10. The molecule has 0 aliphatic carbocycles. The van der Waals surface area contributed by atoms with E-state index < -0.39 is 38.7 Å². The minimum atomic E-state index is -4.01. The molecule has 0 saturated heterocycles. The van der Waals surface area contributed by atoms with Gasteiger partial charge in [-0.3, -0.25) is 14.6 Å². The Kier molecular flexibility index (Phi) is 6.53. The average Bonchev–Trinajstić information content (AvgIpc) is 3.51. The number of aromatic nitrogens is 6. The fraction of sp³-hybridized carbons (Fsp3) is 0.0909. The molecule has 0 saturated carbocycles. The van der Waals surface area contributed by atoms with Gasteiger partial charge in [-0.05, 0) is 53.4 Å². The first-order chi connectivity index (χ1) is 17.1. The zero-order valence-electron chi connectivity index (χ0n) is 18.9. The molecule has 184 valence electrons. The lowest BCUT2D eigenvalue weighted by molar-refractivity contribution is 0.103. The van der Waals surface area contributed by atoms with Crippen LogP contribution in [0, 0.1) is 11.6 Å². The van der Waals surface area contributed by atoms with E-state index in [4.69, 9.17) is 0 Å². The number of rotatable bonds is 8. The molecule has 0 spiro atoms. The molecule has 0 aliphatic rings. The summed E-state index contributed by atoms with van der Waals surface area (Å²) in [4.78, 5) is 17.0. The molecule has 11 nitrogen and oxygen atoms in total. The molecule has 0 fully saturated rings. The number of ketones is 1. The van der Waals surface area contributed by atoms with Crippen LogP contribution in [0.1, 0.15) is 34.1 Å². The Morgan fingerprint density at radius 3 is 2.47 bits per heavy atom. The van der Waals surface area contributed by atoms with E-state index >= 15 is 4.39 Å². The van der Waals surface area contributed by atoms with Crippen molar-refractivity contribution in [3.05, 3.63) is 70.4 Å². The van der Waals surface area contributed by atoms with Crippen LogP contribution in [-0.2, 0) is 10.0 Å². The maximum absolute atomic E-state index is 15.0. The van der Waals surface area contributed by atoms with E-state index in [0.717, 1.165) is 29.5 Å². The Morgan fingerprint density at radius 2 is 1.86 bits per heavy atom. The fourth-order valence-corrected chi connectivity index (χ4v) is 3.94. The van der Waals surface area contributed by atoms with E-state index in [-0.39, 0.29) is 17.1 Å². The molecule has 2 heterocycles. The highest BCUT2D eigenvalue weighted by molar-refractivity contribution is 7.92. The van der Waals surface area contributed by atoms with Crippen molar-refractivity contribution in [1.29, 1.82) is 0 Å². The lowest BCUT2D eigenvalue weighted by Crippen LogP contribution is -2.15. The predicted octanol–water partition coefficient (Wildman–Crippen LogP) is 3.36. The zero-order valence-corrected chi connectivity index (χ0v) is 19.7. The number of hydrogen-bond acceptors (Lipinski definition) is 8. The Hall–Kier alpha value is -4.59. The summed E-state index contributed by atoms with van der Waals surface area (Å²) < 4.78 is 53.9. The van der Waals surface area contributed by atoms with Crippen molar-refractivity contribution in [3.8, 4) is 11.4 Å². The highest BCUT2D eigenvalue weighted by atomic mass is 32.2. The molecular weight excluding hydrogens is 494 g/mol. The summed E-state index contributed by atoms with van der Waals surface area (Å²) in [7, 11) is -4.01. The van der Waals surface area contributed by atoms with E-state index in [1.807, 2.05) is 12.1 Å². The van der Waals surface area contributed by atoms with Gasteiger partial charge in [0.1, 0.15) is 17.2 Å². The summed E-state index contributed by atoms with van der Waals surface area (Å²) in [5.74, 6) is -2.81. The van der Waals surface area contributed by atoms with Gasteiger partial charge >= 0.3 is 0 Å². The summed E-state index contributed by atoms with van der Waals surface area (Å²) in [6.45, 7) is 5.24. The molecule has 0 unspecified atom stereocenters. The predicted molar refractivity (Wildman–Crippen MR) is 129 cm³/mol. The van der Waals surface area contributed by atoms with Gasteiger partial charge in [-0.25, -0.2) is 27.3 Å². The number of tetrazole rings is 1. The first-order valence-electron chi connectivity index (χ1n) is 10.2. The number of nitrogens with one attached hydrogen (secondary N) is 3. The highest BCUT2D eigenvalue weighted by Gasteiger charge is 2.26. The van der Waals surface area contributed by atoms with E-state index in [0.29, 0.717) is 11.4 Å². The molecule has 0 amide bonds. The van der Waals surface area contributed by atoms with Crippen molar-refractivity contribution in [2.45, 2.75) is 6.92 Å². The van der Waals surface area contributed by atoms with Crippen LogP contribution < -0.4 is 4.72 Å². The Bertz CT molecular complexity index is 1590. The first-order valence-corrected chi connectivity index (χ1v) is 12.1. The molecule has 0 radical (unpaired) electrons. The van der Waals surface area contributed by atoms with Gasteiger partial charge in [0.25, 0.3) is 0 Å². The van der Waals surface area contributed by atoms with Crippen LogP contribution in [0.4, 0.5) is 20.3 Å². The lowest BCUT2D eigenvalue weighted by atomic mass is 9.99. The maximum atomic E-state index is 15.0. The minimum absolute atomic E-state index is 0.152. The standard InChI is InChI=1S/C22H18F2N8O3S/c1-11(12-4-6-13(7-5-12)21-28-31-32-29-21)10-15-18(26-27-22(15)25-2)20(33)14-8-9-16(23)19(17(14)24)30-36(3,34)35/h4-10,30H,2H2,1,3H3,(H,26,27)(H,28,29,31,32)/b11-10+. The van der Waals surface area contributed by atoms with Gasteiger partial charge < -0.3 is 0 Å². The second kappa shape index (κ2) is 9.58. The van der Waals surface area contributed by atoms with Crippen LogP contribution in [0.25, 0.3) is 23.0 Å². The van der Waals surface area contributed by atoms with Crippen LogP contribution >= 0.6 is 0 Å². The summed E-state index contributed by atoms with van der Waals surface area (Å²) in [6, 6.07) is 8.92. The number of benzene rings is 2. The molecule has 36 heavy (non-hydrogen) atoms. The van der Waals surface area contributed by atoms with E-state index in [1.165, 1.54) is 0 Å². The summed E-state index contributed by atoms with van der Waals surface area (Å²) >= 11 is 0. The number of carbonyl (C=O) groups excluding carboxylic acids is 1. The number of sulfonamides is 1. The molecule has 14 heteroatoms. The van der Waals surface area contributed by atoms with Gasteiger partial charge in [-0.15, -0.1) is 5.10 Å². The molecular formula is C22H18F2N8O3S. The monoisotopic (exact) mass is 512 g/mol. The number of H-pyrrole nitrogens is 2. The maximum Gasteiger partial charge on any atom is 0.230 e. The van der Waals surface area contributed by atoms with Crippen LogP contribution in [0.15, 0.2) is 41.4 Å². The largest absolute Gasteiger partial charge is 0.287 e. The third kappa shape index (κ3) is 4.93. The van der Waals surface area contributed by atoms with Crippen LogP contribution in [-0.4, -0.2) is 58.0 Å².